The second-order valence-corrected chi connectivity index (χ2v) is 7.91. The molecule has 3 nitrogen and oxygen atoms in total. The topological polar surface area (TPSA) is 37.4 Å². The molecule has 0 amide bonds. The van der Waals surface area contributed by atoms with Crippen molar-refractivity contribution in [1.82, 2.24) is 4.31 Å². The number of nitrogens with zero attached hydrogens (tertiary/aromatic N) is 1. The molecule has 1 aromatic rings. The second kappa shape index (κ2) is 6.41. The van der Waals surface area contributed by atoms with E-state index in [1.165, 1.54) is 16.4 Å². The zero-order valence-corrected chi connectivity index (χ0v) is 14.2. The van der Waals surface area contributed by atoms with Gasteiger partial charge in [-0.15, -0.1) is 11.6 Å². The summed E-state index contributed by atoms with van der Waals surface area (Å²) in [5, 5.41) is 0.525. The van der Waals surface area contributed by atoms with E-state index in [9.17, 15) is 8.42 Å². The molecule has 112 valence electrons. The van der Waals surface area contributed by atoms with Gasteiger partial charge in [0.1, 0.15) is 4.90 Å². The lowest BCUT2D eigenvalue weighted by molar-refractivity contribution is 0.268. The molecule has 1 aliphatic heterocycles. The number of sulfonamides is 1. The fraction of sp³-hybridized carbons (Fsp3) is 0.538. The molecule has 1 saturated heterocycles. The van der Waals surface area contributed by atoms with E-state index in [-0.39, 0.29) is 21.8 Å². The fourth-order valence-corrected chi connectivity index (χ4v) is 5.26. The summed E-state index contributed by atoms with van der Waals surface area (Å²) in [4.78, 5) is 0.0907. The molecule has 1 aliphatic rings. The zero-order valence-electron chi connectivity index (χ0n) is 11.1. The van der Waals surface area contributed by atoms with Crippen molar-refractivity contribution in [3.63, 3.8) is 0 Å². The molecule has 0 saturated carbocycles. The van der Waals surface area contributed by atoms with Crippen LogP contribution in [-0.4, -0.2) is 25.3 Å². The third-order valence-electron chi connectivity index (χ3n) is 3.57. The number of alkyl halides is 1. The van der Waals surface area contributed by atoms with Crippen molar-refractivity contribution in [3.8, 4) is 0 Å². The average molecular weight is 357 g/mol. The Morgan fingerprint density at radius 1 is 1.25 bits per heavy atom. The second-order valence-electron chi connectivity index (χ2n) is 4.97. The molecule has 0 aromatic heterocycles. The minimum atomic E-state index is -3.61. The van der Waals surface area contributed by atoms with E-state index in [2.05, 4.69) is 0 Å². The minimum Gasteiger partial charge on any atom is -0.207 e. The van der Waals surface area contributed by atoms with Crippen LogP contribution < -0.4 is 0 Å². The molecular weight excluding hydrogens is 341 g/mol. The van der Waals surface area contributed by atoms with Gasteiger partial charge in [0.15, 0.2) is 0 Å². The molecule has 1 fully saturated rings. The van der Waals surface area contributed by atoms with Crippen molar-refractivity contribution in [2.45, 2.75) is 43.0 Å². The van der Waals surface area contributed by atoms with E-state index in [0.29, 0.717) is 17.1 Å². The molecule has 20 heavy (non-hydrogen) atoms. The summed E-state index contributed by atoms with van der Waals surface area (Å²) in [6.07, 6.45) is 2.79. The van der Waals surface area contributed by atoms with E-state index in [1.54, 1.807) is 0 Å². The van der Waals surface area contributed by atoms with E-state index < -0.39 is 10.0 Å². The van der Waals surface area contributed by atoms with Gasteiger partial charge in [-0.25, -0.2) is 8.42 Å². The molecule has 0 spiro atoms. The van der Waals surface area contributed by atoms with Crippen LogP contribution >= 0.6 is 34.8 Å². The van der Waals surface area contributed by atoms with Gasteiger partial charge in [0, 0.05) is 23.5 Å². The van der Waals surface area contributed by atoms with Crippen molar-refractivity contribution >= 4 is 44.8 Å². The molecule has 0 N–H and O–H groups in total. The first kappa shape index (κ1) is 16.4. The van der Waals surface area contributed by atoms with Crippen LogP contribution in [0.15, 0.2) is 17.0 Å². The predicted molar refractivity (Wildman–Crippen MR) is 83.2 cm³/mol. The quantitative estimate of drug-likeness (QED) is 0.757. The van der Waals surface area contributed by atoms with Crippen LogP contribution in [0.5, 0.6) is 0 Å². The minimum absolute atomic E-state index is 0.0139. The number of hydrogen-bond donors (Lipinski definition) is 0. The number of piperidine rings is 1. The van der Waals surface area contributed by atoms with Crippen LogP contribution in [0, 0.1) is 0 Å². The van der Waals surface area contributed by atoms with Crippen LogP contribution in [0.1, 0.15) is 31.7 Å². The van der Waals surface area contributed by atoms with E-state index in [4.69, 9.17) is 34.8 Å². The van der Waals surface area contributed by atoms with Crippen LogP contribution in [0.3, 0.4) is 0 Å². The summed E-state index contributed by atoms with van der Waals surface area (Å²) in [5.74, 6) is 0.147. The predicted octanol–water partition coefficient (Wildman–Crippen LogP) is 4.30. The highest BCUT2D eigenvalue weighted by Crippen LogP contribution is 2.33. The Bertz CT molecular complexity index is 604. The molecule has 1 aromatic carbocycles. The third-order valence-corrected chi connectivity index (χ3v) is 6.69. The van der Waals surface area contributed by atoms with Gasteiger partial charge in [-0.3, -0.25) is 0 Å². The summed E-state index contributed by atoms with van der Waals surface area (Å²) < 4.78 is 27.0. The monoisotopic (exact) mass is 355 g/mol. The zero-order chi connectivity index (χ0) is 14.9. The maximum Gasteiger partial charge on any atom is 0.244 e. The normalized spacial score (nSPS) is 21.1. The molecule has 1 atom stereocenters. The molecule has 1 unspecified atom stereocenters. The van der Waals surface area contributed by atoms with Gasteiger partial charge in [0.25, 0.3) is 0 Å². The maximum atomic E-state index is 12.8. The van der Waals surface area contributed by atoms with Gasteiger partial charge in [-0.05, 0) is 37.5 Å². The summed E-state index contributed by atoms with van der Waals surface area (Å²) in [7, 11) is -3.61. The molecule has 0 radical (unpaired) electrons. The van der Waals surface area contributed by atoms with Crippen molar-refractivity contribution in [2.24, 2.45) is 0 Å². The summed E-state index contributed by atoms with van der Waals surface area (Å²) in [6, 6.07) is 2.91. The summed E-state index contributed by atoms with van der Waals surface area (Å²) >= 11 is 17.9. The molecule has 0 aliphatic carbocycles. The maximum absolute atomic E-state index is 12.8. The van der Waals surface area contributed by atoms with Crippen molar-refractivity contribution < 1.29 is 8.42 Å². The summed E-state index contributed by atoms with van der Waals surface area (Å²) in [5.41, 5.74) is 0.570. The SMILES string of the molecule is CC1CCCCN1S(=O)(=O)c1cc(CCl)c(Cl)cc1Cl. The smallest absolute Gasteiger partial charge is 0.207 e. The summed E-state index contributed by atoms with van der Waals surface area (Å²) in [6.45, 7) is 2.45. The first-order chi connectivity index (χ1) is 9.37. The lowest BCUT2D eigenvalue weighted by Gasteiger charge is -2.32. The standard InChI is InChI=1S/C13H16Cl3NO2S/c1-9-4-2-3-5-17(9)20(18,19)13-6-10(8-14)11(15)7-12(13)16/h6-7,9H,2-5,8H2,1H3. The number of benzene rings is 1. The van der Waals surface area contributed by atoms with Crippen LogP contribution in [0.4, 0.5) is 0 Å². The van der Waals surface area contributed by atoms with Gasteiger partial charge in [0.05, 0.1) is 5.02 Å². The first-order valence-corrected chi connectivity index (χ1v) is 9.16. The molecule has 0 bridgehead atoms. The largest absolute Gasteiger partial charge is 0.244 e. The Morgan fingerprint density at radius 3 is 2.55 bits per heavy atom. The lowest BCUT2D eigenvalue weighted by atomic mass is 10.1. The van der Waals surface area contributed by atoms with Crippen molar-refractivity contribution in [3.05, 3.63) is 27.7 Å². The Balaban J connectivity index is 2.48. The highest BCUT2D eigenvalue weighted by molar-refractivity contribution is 7.89. The van der Waals surface area contributed by atoms with Gasteiger partial charge in [-0.2, -0.15) is 4.31 Å². The molecular formula is C13H16Cl3NO2S. The van der Waals surface area contributed by atoms with Gasteiger partial charge in [-0.1, -0.05) is 29.6 Å². The highest BCUT2D eigenvalue weighted by Gasteiger charge is 2.32. The van der Waals surface area contributed by atoms with E-state index in [1.807, 2.05) is 6.92 Å². The van der Waals surface area contributed by atoms with Gasteiger partial charge < -0.3 is 0 Å². The fourth-order valence-electron chi connectivity index (χ4n) is 2.43. The van der Waals surface area contributed by atoms with Crippen LogP contribution in [0.25, 0.3) is 0 Å². The Morgan fingerprint density at radius 2 is 1.95 bits per heavy atom. The first-order valence-electron chi connectivity index (χ1n) is 6.43. The lowest BCUT2D eigenvalue weighted by Crippen LogP contribution is -2.42. The van der Waals surface area contributed by atoms with Crippen LogP contribution in [0.2, 0.25) is 10.0 Å². The molecule has 2 rings (SSSR count). The third kappa shape index (κ3) is 3.09. The van der Waals surface area contributed by atoms with Crippen molar-refractivity contribution in [2.75, 3.05) is 6.54 Å². The number of hydrogen-bond acceptors (Lipinski definition) is 2. The number of halogens is 3. The van der Waals surface area contributed by atoms with Gasteiger partial charge in [0.2, 0.25) is 10.0 Å². The van der Waals surface area contributed by atoms with Crippen molar-refractivity contribution in [1.29, 1.82) is 0 Å². The Kier molecular flexibility index (Phi) is 5.24. The molecule has 1 heterocycles. The van der Waals surface area contributed by atoms with Gasteiger partial charge >= 0.3 is 0 Å². The molecule has 7 heteroatoms. The van der Waals surface area contributed by atoms with E-state index in [0.717, 1.165) is 19.3 Å². The Labute approximate surface area is 134 Å². The van der Waals surface area contributed by atoms with Crippen LogP contribution in [-0.2, 0) is 15.9 Å². The van der Waals surface area contributed by atoms with E-state index >= 15 is 0 Å². The Hall–Kier alpha value is -0.000000000000000111. The number of rotatable bonds is 3. The average Bonchev–Trinajstić information content (AvgIpc) is 2.38. The highest BCUT2D eigenvalue weighted by atomic mass is 35.5.